The minimum atomic E-state index is -3.69. The third-order valence-corrected chi connectivity index (χ3v) is 0.419. The predicted octanol–water partition coefficient (Wildman–Crippen LogP) is 0.722. The van der Waals surface area contributed by atoms with Crippen LogP contribution < -0.4 is 0 Å². The molecule has 0 aromatic carbocycles. The molecule has 0 radical (unpaired) electrons. The molecular weight excluding hydrogens is 125 g/mol. The molecule has 8 heavy (non-hydrogen) atoms. The van der Waals surface area contributed by atoms with Crippen LogP contribution in [0.3, 0.4) is 0 Å². The van der Waals surface area contributed by atoms with Crippen molar-refractivity contribution >= 4 is 6.29 Å². The van der Waals surface area contributed by atoms with Crippen molar-refractivity contribution in [1.29, 1.82) is 0 Å². The Bertz CT molecular complexity index is 82.6. The van der Waals surface area contributed by atoms with Gasteiger partial charge >= 0.3 is 5.92 Å². The van der Waals surface area contributed by atoms with Crippen LogP contribution in [-0.4, -0.2) is 18.8 Å². The second-order valence-corrected chi connectivity index (χ2v) is 1.13. The zero-order chi connectivity index (χ0) is 6.62. The standard InChI is InChI=1S/C3H3F3O2/c4-3(5,1-7)2-8-6/h1H,2H2. The Hall–Kier alpha value is -0.580. The van der Waals surface area contributed by atoms with Gasteiger partial charge in [0.05, 0.1) is 0 Å². The molecule has 48 valence electrons. The fourth-order valence-corrected chi connectivity index (χ4v) is 0.107. The van der Waals surface area contributed by atoms with Gasteiger partial charge in [0.15, 0.2) is 12.9 Å². The van der Waals surface area contributed by atoms with Gasteiger partial charge in [-0.05, 0) is 4.53 Å². The van der Waals surface area contributed by atoms with Crippen molar-refractivity contribution in [2.45, 2.75) is 5.92 Å². The second kappa shape index (κ2) is 2.66. The van der Waals surface area contributed by atoms with Gasteiger partial charge in [0.25, 0.3) is 0 Å². The van der Waals surface area contributed by atoms with Gasteiger partial charge in [-0.3, -0.25) is 4.79 Å². The highest BCUT2D eigenvalue weighted by Gasteiger charge is 2.28. The molecule has 0 aliphatic carbocycles. The molecular formula is C3H3F3O2. The van der Waals surface area contributed by atoms with Gasteiger partial charge in [-0.1, -0.05) is 0 Å². The monoisotopic (exact) mass is 128 g/mol. The molecule has 0 rings (SSSR count). The molecule has 0 aliphatic rings. The van der Waals surface area contributed by atoms with E-state index in [0.717, 1.165) is 0 Å². The van der Waals surface area contributed by atoms with Crippen LogP contribution in [0.15, 0.2) is 0 Å². The van der Waals surface area contributed by atoms with Crippen LogP contribution in [-0.2, 0) is 9.74 Å². The van der Waals surface area contributed by atoms with Crippen molar-refractivity contribution in [3.8, 4) is 0 Å². The fourth-order valence-electron chi connectivity index (χ4n) is 0.107. The number of alkyl halides is 2. The van der Waals surface area contributed by atoms with Gasteiger partial charge < -0.3 is 0 Å². The van der Waals surface area contributed by atoms with E-state index in [1.54, 1.807) is 0 Å². The van der Waals surface area contributed by atoms with E-state index in [4.69, 9.17) is 0 Å². The Balaban J connectivity index is 3.53. The van der Waals surface area contributed by atoms with E-state index >= 15 is 0 Å². The number of rotatable bonds is 3. The van der Waals surface area contributed by atoms with Crippen LogP contribution in [0.4, 0.5) is 13.3 Å². The van der Waals surface area contributed by atoms with Crippen molar-refractivity contribution in [3.05, 3.63) is 0 Å². The first-order valence-electron chi connectivity index (χ1n) is 1.70. The summed E-state index contributed by atoms with van der Waals surface area (Å²) in [7, 11) is 0. The zero-order valence-corrected chi connectivity index (χ0v) is 3.73. The molecule has 0 saturated heterocycles. The first kappa shape index (κ1) is 7.42. The highest BCUT2D eigenvalue weighted by molar-refractivity contribution is 5.59. The van der Waals surface area contributed by atoms with Crippen LogP contribution in [0.1, 0.15) is 0 Å². The molecule has 0 aliphatic heterocycles. The molecule has 0 saturated carbocycles. The van der Waals surface area contributed by atoms with Gasteiger partial charge in [0.1, 0.15) is 0 Å². The first-order valence-corrected chi connectivity index (χ1v) is 1.70. The van der Waals surface area contributed by atoms with E-state index in [0.29, 0.717) is 0 Å². The van der Waals surface area contributed by atoms with E-state index in [-0.39, 0.29) is 0 Å². The fraction of sp³-hybridized carbons (Fsp3) is 0.667. The normalized spacial score (nSPS) is 11.4. The van der Waals surface area contributed by atoms with E-state index in [9.17, 15) is 18.1 Å². The average Bonchev–Trinajstić information content (AvgIpc) is 1.67. The molecule has 2 nitrogen and oxygen atoms in total. The summed E-state index contributed by atoms with van der Waals surface area (Å²) in [6, 6.07) is 0. The molecule has 0 atom stereocenters. The Morgan fingerprint density at radius 2 is 2.12 bits per heavy atom. The van der Waals surface area contributed by atoms with E-state index in [1.165, 1.54) is 0 Å². The Labute approximate surface area is 43.1 Å². The highest BCUT2D eigenvalue weighted by atomic mass is 19.3. The van der Waals surface area contributed by atoms with Gasteiger partial charge in [-0.2, -0.15) is 13.7 Å². The molecule has 0 spiro atoms. The summed E-state index contributed by atoms with van der Waals surface area (Å²) in [6.45, 7) is -1.50. The summed E-state index contributed by atoms with van der Waals surface area (Å²) in [5.41, 5.74) is 0. The number of aldehydes is 1. The molecule has 0 N–H and O–H groups in total. The van der Waals surface area contributed by atoms with E-state index in [1.807, 2.05) is 0 Å². The minimum Gasteiger partial charge on any atom is -0.297 e. The lowest BCUT2D eigenvalue weighted by molar-refractivity contribution is -0.194. The molecule has 0 bridgehead atoms. The summed E-state index contributed by atoms with van der Waals surface area (Å²) < 4.78 is 33.4. The zero-order valence-electron chi connectivity index (χ0n) is 3.73. The number of carbonyl (C=O) groups is 1. The van der Waals surface area contributed by atoms with Crippen molar-refractivity contribution in [2.24, 2.45) is 0 Å². The number of hydrogen-bond acceptors (Lipinski definition) is 2. The Morgan fingerprint density at radius 3 is 2.25 bits per heavy atom. The maximum absolute atomic E-state index is 11.4. The van der Waals surface area contributed by atoms with E-state index < -0.39 is 18.8 Å². The number of carbonyl (C=O) groups excluding carboxylic acids is 1. The second-order valence-electron chi connectivity index (χ2n) is 1.13. The van der Waals surface area contributed by atoms with Crippen LogP contribution >= 0.6 is 0 Å². The lowest BCUT2D eigenvalue weighted by Crippen LogP contribution is -2.23. The molecule has 0 unspecified atom stereocenters. The maximum atomic E-state index is 11.4. The lowest BCUT2D eigenvalue weighted by Gasteiger charge is -2.01. The molecule has 0 fully saturated rings. The Kier molecular flexibility index (Phi) is 2.47. The van der Waals surface area contributed by atoms with Crippen molar-refractivity contribution in [3.63, 3.8) is 0 Å². The smallest absolute Gasteiger partial charge is 0.297 e. The predicted molar refractivity (Wildman–Crippen MR) is 18.1 cm³/mol. The maximum Gasteiger partial charge on any atom is 0.328 e. The van der Waals surface area contributed by atoms with Crippen LogP contribution in [0, 0.1) is 0 Å². The van der Waals surface area contributed by atoms with Crippen LogP contribution in [0.5, 0.6) is 0 Å². The van der Waals surface area contributed by atoms with Crippen LogP contribution in [0.2, 0.25) is 0 Å². The molecule has 5 heteroatoms. The van der Waals surface area contributed by atoms with Gasteiger partial charge in [-0.25, -0.2) is 0 Å². The molecule has 0 amide bonds. The Morgan fingerprint density at radius 1 is 1.62 bits per heavy atom. The van der Waals surface area contributed by atoms with Gasteiger partial charge in [0.2, 0.25) is 0 Å². The summed E-state index contributed by atoms with van der Waals surface area (Å²) in [4.78, 5) is 11.7. The molecule has 0 aromatic heterocycles. The first-order chi connectivity index (χ1) is 3.62. The summed E-state index contributed by atoms with van der Waals surface area (Å²) in [6.07, 6.45) is -0.674. The van der Waals surface area contributed by atoms with Crippen molar-refractivity contribution < 1.29 is 23.0 Å². The topological polar surface area (TPSA) is 26.3 Å². The summed E-state index contributed by atoms with van der Waals surface area (Å²) in [5, 5.41) is 0. The summed E-state index contributed by atoms with van der Waals surface area (Å²) >= 11 is 0. The van der Waals surface area contributed by atoms with E-state index in [2.05, 4.69) is 4.94 Å². The quantitative estimate of drug-likeness (QED) is 0.523. The third-order valence-electron chi connectivity index (χ3n) is 0.419. The minimum absolute atomic E-state index is 0.674. The molecule has 0 heterocycles. The highest BCUT2D eigenvalue weighted by Crippen LogP contribution is 2.08. The number of halogens is 3. The van der Waals surface area contributed by atoms with Gasteiger partial charge in [0, 0.05) is 0 Å². The third kappa shape index (κ3) is 2.57. The largest absolute Gasteiger partial charge is 0.328 e. The van der Waals surface area contributed by atoms with Crippen molar-refractivity contribution in [1.82, 2.24) is 0 Å². The van der Waals surface area contributed by atoms with Gasteiger partial charge in [-0.15, -0.1) is 0 Å². The SMILES string of the molecule is O=CC(F)(F)COF. The number of hydrogen-bond donors (Lipinski definition) is 0. The summed E-state index contributed by atoms with van der Waals surface area (Å²) in [5.74, 6) is -3.69. The molecule has 0 aromatic rings. The lowest BCUT2D eigenvalue weighted by atomic mass is 10.4. The average molecular weight is 128 g/mol. The van der Waals surface area contributed by atoms with Crippen molar-refractivity contribution in [2.75, 3.05) is 6.61 Å². The van der Waals surface area contributed by atoms with Crippen LogP contribution in [0.25, 0.3) is 0 Å².